The first kappa shape index (κ1) is 27.5. The normalized spacial score (nSPS) is 11.2. The van der Waals surface area contributed by atoms with Gasteiger partial charge in [0.2, 0.25) is 11.1 Å². The molecule has 0 unspecified atom stereocenters. The van der Waals surface area contributed by atoms with E-state index in [9.17, 15) is 13.2 Å². The highest BCUT2D eigenvalue weighted by Crippen LogP contribution is 2.31. The number of aryl methyl sites for hydroxylation is 1. The molecule has 0 saturated carbocycles. The van der Waals surface area contributed by atoms with Crippen LogP contribution in [0.15, 0.2) is 82.8 Å². The maximum Gasteiger partial charge on any atom is 0.268 e. The summed E-state index contributed by atoms with van der Waals surface area (Å²) >= 11 is 7.38. The lowest BCUT2D eigenvalue weighted by atomic mass is 10.2. The number of thioether (sulfide) groups is 1. The number of nitrogens with zero attached hydrogens (tertiary/aromatic N) is 3. The van der Waals surface area contributed by atoms with Crippen molar-refractivity contribution in [3.05, 3.63) is 83.4 Å². The molecule has 0 aliphatic rings. The number of sulfonamides is 1. The molecular weight excluding hydrogens is 546 g/mol. The summed E-state index contributed by atoms with van der Waals surface area (Å²) in [4.78, 5) is 17.3. The van der Waals surface area contributed by atoms with Gasteiger partial charge in [-0.3, -0.25) is 14.2 Å². The second kappa shape index (κ2) is 12.3. The van der Waals surface area contributed by atoms with Crippen LogP contribution in [-0.4, -0.2) is 55.5 Å². The number of carbonyl (C=O) groups is 1. The number of benzene rings is 3. The van der Waals surface area contributed by atoms with Crippen LogP contribution in [0.5, 0.6) is 5.75 Å². The number of hydrogen-bond acceptors (Lipinski definition) is 7. The van der Waals surface area contributed by atoms with Crippen LogP contribution < -0.4 is 14.4 Å². The van der Waals surface area contributed by atoms with Crippen molar-refractivity contribution < 1.29 is 17.9 Å². The Morgan fingerprint density at radius 1 is 1.11 bits per heavy atom. The molecule has 1 amide bonds. The Morgan fingerprint density at radius 3 is 2.55 bits per heavy atom. The monoisotopic (exact) mass is 571 g/mol. The number of halogens is 1. The number of amides is 1. The van der Waals surface area contributed by atoms with Crippen LogP contribution in [0.2, 0.25) is 5.02 Å². The summed E-state index contributed by atoms with van der Waals surface area (Å²) in [5.74, 6) is 0.882. The van der Waals surface area contributed by atoms with Gasteiger partial charge in [0.05, 0.1) is 12.8 Å². The van der Waals surface area contributed by atoms with Crippen LogP contribution in [0, 0.1) is 6.92 Å². The van der Waals surface area contributed by atoms with E-state index in [1.165, 1.54) is 24.9 Å². The molecule has 198 valence electrons. The zero-order valence-electron chi connectivity index (χ0n) is 20.7. The average molecular weight is 572 g/mol. The molecule has 4 aromatic rings. The van der Waals surface area contributed by atoms with E-state index in [2.05, 4.69) is 20.5 Å². The highest BCUT2D eigenvalue weighted by atomic mass is 35.5. The van der Waals surface area contributed by atoms with Gasteiger partial charge in [0.15, 0.2) is 5.82 Å². The molecule has 3 aromatic carbocycles. The third-order valence-corrected chi connectivity index (χ3v) is 8.35. The first-order valence-electron chi connectivity index (χ1n) is 11.6. The van der Waals surface area contributed by atoms with Gasteiger partial charge in [-0.1, -0.05) is 59.8 Å². The van der Waals surface area contributed by atoms with Gasteiger partial charge in [-0.2, -0.15) is 0 Å². The van der Waals surface area contributed by atoms with E-state index in [1.54, 1.807) is 43.3 Å². The number of aromatic nitrogens is 3. The Kier molecular flexibility index (Phi) is 8.93. The van der Waals surface area contributed by atoms with E-state index in [0.29, 0.717) is 34.0 Å². The fraction of sp³-hybridized carbons (Fsp3) is 0.192. The number of H-pyrrole nitrogens is 1. The molecule has 1 heterocycles. The van der Waals surface area contributed by atoms with Crippen molar-refractivity contribution >= 4 is 45.0 Å². The molecule has 38 heavy (non-hydrogen) atoms. The van der Waals surface area contributed by atoms with Crippen molar-refractivity contribution in [2.45, 2.75) is 17.0 Å². The van der Waals surface area contributed by atoms with Crippen molar-refractivity contribution in [3.8, 4) is 17.1 Å². The van der Waals surface area contributed by atoms with Crippen molar-refractivity contribution in [2.24, 2.45) is 0 Å². The fourth-order valence-corrected chi connectivity index (χ4v) is 6.02. The third-order valence-electron chi connectivity index (χ3n) is 5.46. The Hall–Kier alpha value is -3.54. The maximum absolute atomic E-state index is 13.7. The van der Waals surface area contributed by atoms with Crippen LogP contribution in [0.1, 0.15) is 5.56 Å². The van der Waals surface area contributed by atoms with Gasteiger partial charge in [-0.25, -0.2) is 13.4 Å². The molecule has 4 rings (SSSR count). The SMILES string of the molecule is COc1ccc(C)cc1S(=O)(=O)N(CC(=O)NCCSc1n[nH]c(-c2ccccc2)n1)c1ccc(Cl)cc1. The summed E-state index contributed by atoms with van der Waals surface area (Å²) in [5, 5.41) is 10.9. The summed E-state index contributed by atoms with van der Waals surface area (Å²) in [6, 6.07) is 20.7. The number of anilines is 1. The standard InChI is InChI=1S/C26H26ClN5O4S2/c1-18-8-13-22(36-2)23(16-18)38(34,35)32(21-11-9-20(27)10-12-21)17-24(33)28-14-15-37-26-29-25(30-31-26)19-6-4-3-5-7-19/h3-13,16H,14-15,17H2,1-2H3,(H,28,33)(H,29,30,31). The molecule has 0 spiro atoms. The van der Waals surface area contributed by atoms with E-state index in [4.69, 9.17) is 16.3 Å². The lowest BCUT2D eigenvalue weighted by molar-refractivity contribution is -0.119. The van der Waals surface area contributed by atoms with E-state index in [-0.39, 0.29) is 10.6 Å². The Balaban J connectivity index is 1.43. The molecule has 0 radical (unpaired) electrons. The lowest BCUT2D eigenvalue weighted by Crippen LogP contribution is -2.41. The highest BCUT2D eigenvalue weighted by Gasteiger charge is 2.30. The predicted octanol–water partition coefficient (Wildman–Crippen LogP) is 4.55. The van der Waals surface area contributed by atoms with Crippen molar-refractivity contribution in [1.82, 2.24) is 20.5 Å². The number of aromatic amines is 1. The van der Waals surface area contributed by atoms with Crippen LogP contribution in [0.3, 0.4) is 0 Å². The van der Waals surface area contributed by atoms with Gasteiger partial charge in [0, 0.05) is 22.9 Å². The molecule has 2 N–H and O–H groups in total. The smallest absolute Gasteiger partial charge is 0.268 e. The molecule has 0 bridgehead atoms. The topological polar surface area (TPSA) is 117 Å². The van der Waals surface area contributed by atoms with Gasteiger partial charge in [-0.15, -0.1) is 5.10 Å². The van der Waals surface area contributed by atoms with Crippen molar-refractivity contribution in [2.75, 3.05) is 30.3 Å². The predicted molar refractivity (Wildman–Crippen MR) is 149 cm³/mol. The molecule has 12 heteroatoms. The van der Waals surface area contributed by atoms with Crippen molar-refractivity contribution in [1.29, 1.82) is 0 Å². The summed E-state index contributed by atoms with van der Waals surface area (Å²) in [7, 11) is -2.75. The van der Waals surface area contributed by atoms with Gasteiger partial charge < -0.3 is 10.1 Å². The minimum Gasteiger partial charge on any atom is -0.495 e. The van der Waals surface area contributed by atoms with Gasteiger partial charge >= 0.3 is 0 Å². The zero-order chi connectivity index (χ0) is 27.1. The Morgan fingerprint density at radius 2 is 1.84 bits per heavy atom. The summed E-state index contributed by atoms with van der Waals surface area (Å²) in [5.41, 5.74) is 1.97. The minimum atomic E-state index is -4.15. The summed E-state index contributed by atoms with van der Waals surface area (Å²) in [6.45, 7) is 1.65. The van der Waals surface area contributed by atoms with Gasteiger partial charge in [-0.05, 0) is 48.9 Å². The van der Waals surface area contributed by atoms with Crippen LogP contribution in [-0.2, 0) is 14.8 Å². The molecule has 0 saturated heterocycles. The number of nitrogens with one attached hydrogen (secondary N) is 2. The first-order valence-corrected chi connectivity index (χ1v) is 14.4. The quantitative estimate of drug-likeness (QED) is 0.200. The molecule has 0 fully saturated rings. The lowest BCUT2D eigenvalue weighted by Gasteiger charge is -2.25. The minimum absolute atomic E-state index is 0.0304. The van der Waals surface area contributed by atoms with Crippen LogP contribution in [0.4, 0.5) is 5.69 Å². The van der Waals surface area contributed by atoms with E-state index < -0.39 is 22.5 Å². The maximum atomic E-state index is 13.7. The van der Waals surface area contributed by atoms with Gasteiger partial charge in [0.25, 0.3) is 10.0 Å². The number of carbonyl (C=O) groups excluding carboxylic acids is 1. The number of methoxy groups -OCH3 is 1. The van der Waals surface area contributed by atoms with E-state index in [0.717, 1.165) is 15.4 Å². The molecule has 9 nitrogen and oxygen atoms in total. The van der Waals surface area contributed by atoms with E-state index in [1.807, 2.05) is 30.3 Å². The molecule has 0 atom stereocenters. The third kappa shape index (κ3) is 6.66. The number of hydrogen-bond donors (Lipinski definition) is 2. The Labute approximate surface area is 230 Å². The van der Waals surface area contributed by atoms with Gasteiger partial charge in [0.1, 0.15) is 17.2 Å². The molecular formula is C26H26ClN5O4S2. The van der Waals surface area contributed by atoms with Crippen LogP contribution in [0.25, 0.3) is 11.4 Å². The summed E-state index contributed by atoms with van der Waals surface area (Å²) < 4.78 is 33.8. The number of ether oxygens (including phenoxy) is 1. The van der Waals surface area contributed by atoms with E-state index >= 15 is 0 Å². The summed E-state index contributed by atoms with van der Waals surface area (Å²) in [6.07, 6.45) is 0. The molecule has 1 aromatic heterocycles. The molecule has 0 aliphatic carbocycles. The molecule has 0 aliphatic heterocycles. The number of rotatable bonds is 11. The Bertz CT molecular complexity index is 1500. The second-order valence-electron chi connectivity index (χ2n) is 8.17. The van der Waals surface area contributed by atoms with Crippen LogP contribution >= 0.6 is 23.4 Å². The average Bonchev–Trinajstić information content (AvgIpc) is 3.40. The largest absolute Gasteiger partial charge is 0.495 e. The van der Waals surface area contributed by atoms with Crippen molar-refractivity contribution in [3.63, 3.8) is 0 Å². The zero-order valence-corrected chi connectivity index (χ0v) is 23.1. The fourth-order valence-electron chi connectivity index (χ4n) is 3.58. The second-order valence-corrected chi connectivity index (χ2v) is 11.5. The first-order chi connectivity index (χ1) is 18.3. The highest BCUT2D eigenvalue weighted by molar-refractivity contribution is 7.99.